The number of carbonyl (C=O) groups is 2. The van der Waals surface area contributed by atoms with Crippen molar-refractivity contribution in [3.63, 3.8) is 0 Å². The molecule has 2 aromatic rings. The molecule has 1 saturated heterocycles. The Balaban J connectivity index is 1.43. The fourth-order valence-electron chi connectivity index (χ4n) is 4.70. The molecule has 0 aromatic heterocycles. The first-order chi connectivity index (χ1) is 17.4. The maximum atomic E-state index is 15.3. The van der Waals surface area contributed by atoms with Crippen LogP contribution in [0.1, 0.15) is 50.0 Å². The third-order valence-electron chi connectivity index (χ3n) is 6.62. The second kappa shape index (κ2) is 10.6. The summed E-state index contributed by atoms with van der Waals surface area (Å²) in [6.07, 6.45) is 0.353. The maximum Gasteiger partial charge on any atom is 0.410 e. The molecule has 0 spiro atoms. The van der Waals surface area contributed by atoms with E-state index in [4.69, 9.17) is 9.47 Å². The van der Waals surface area contributed by atoms with Gasteiger partial charge in [-0.25, -0.2) is 9.18 Å². The molecule has 2 aromatic carbocycles. The highest BCUT2D eigenvalue weighted by molar-refractivity contribution is 6.08. The van der Waals surface area contributed by atoms with Crippen molar-refractivity contribution in [1.82, 2.24) is 4.90 Å². The lowest BCUT2D eigenvalue weighted by atomic mass is 9.98. The molecule has 2 aliphatic rings. The molecule has 8 nitrogen and oxygen atoms in total. The van der Waals surface area contributed by atoms with Crippen molar-refractivity contribution in [1.29, 1.82) is 0 Å². The lowest BCUT2D eigenvalue weighted by Crippen LogP contribution is -2.42. The van der Waals surface area contributed by atoms with Crippen LogP contribution in [0.3, 0.4) is 0 Å². The van der Waals surface area contributed by atoms with Crippen molar-refractivity contribution in [2.75, 3.05) is 43.1 Å². The summed E-state index contributed by atoms with van der Waals surface area (Å²) in [6, 6.07) is 10.1. The van der Waals surface area contributed by atoms with Crippen LogP contribution in [-0.2, 0) is 11.2 Å². The summed E-state index contributed by atoms with van der Waals surface area (Å²) in [4.78, 5) is 30.7. The highest BCUT2D eigenvalue weighted by Crippen LogP contribution is 2.32. The highest BCUT2D eigenvalue weighted by atomic mass is 19.1. The summed E-state index contributed by atoms with van der Waals surface area (Å²) in [5.41, 5.74) is 1.82. The smallest absolute Gasteiger partial charge is 0.410 e. The molecule has 2 atom stereocenters. The summed E-state index contributed by atoms with van der Waals surface area (Å²) >= 11 is 0. The van der Waals surface area contributed by atoms with E-state index < -0.39 is 17.5 Å². The molecule has 0 aliphatic carbocycles. The van der Waals surface area contributed by atoms with Crippen LogP contribution < -0.4 is 14.5 Å². The van der Waals surface area contributed by atoms with Crippen molar-refractivity contribution in [2.24, 2.45) is 0 Å². The van der Waals surface area contributed by atoms with E-state index in [1.807, 2.05) is 31.7 Å². The number of aliphatic hydroxyl groups is 1. The Hall–Kier alpha value is -3.33. The van der Waals surface area contributed by atoms with E-state index in [2.05, 4.69) is 0 Å². The molecule has 4 rings (SSSR count). The average Bonchev–Trinajstić information content (AvgIpc) is 3.31. The minimum Gasteiger partial charge on any atom is -0.491 e. The van der Waals surface area contributed by atoms with Crippen molar-refractivity contribution in [3.05, 3.63) is 53.3 Å². The topological polar surface area (TPSA) is 82.6 Å². The number of halogens is 1. The predicted octanol–water partition coefficient (Wildman–Crippen LogP) is 4.23. The number of hydrogen-bond acceptors (Lipinski definition) is 6. The minimum absolute atomic E-state index is 0.0800. The Morgan fingerprint density at radius 1 is 1.22 bits per heavy atom. The third-order valence-corrected chi connectivity index (χ3v) is 6.62. The van der Waals surface area contributed by atoms with Crippen molar-refractivity contribution in [3.8, 4) is 5.75 Å². The van der Waals surface area contributed by atoms with E-state index in [1.165, 1.54) is 6.07 Å². The Morgan fingerprint density at radius 3 is 2.65 bits per heavy atom. The van der Waals surface area contributed by atoms with E-state index in [0.717, 1.165) is 5.56 Å². The van der Waals surface area contributed by atoms with Crippen LogP contribution in [0.15, 0.2) is 36.4 Å². The van der Waals surface area contributed by atoms with Gasteiger partial charge in [-0.2, -0.15) is 0 Å². The zero-order chi connectivity index (χ0) is 26.9. The second-order valence-electron chi connectivity index (χ2n) is 10.8. The molecule has 1 fully saturated rings. The third kappa shape index (κ3) is 6.15. The van der Waals surface area contributed by atoms with Gasteiger partial charge in [0.05, 0.1) is 17.8 Å². The Morgan fingerprint density at radius 2 is 1.97 bits per heavy atom. The summed E-state index contributed by atoms with van der Waals surface area (Å²) < 4.78 is 26.3. The summed E-state index contributed by atoms with van der Waals surface area (Å²) in [5.74, 6) is 0.0202. The molecule has 0 unspecified atom stereocenters. The van der Waals surface area contributed by atoms with Crippen molar-refractivity contribution < 1.29 is 28.6 Å². The molecular formula is C28H36FN3O5. The predicted molar refractivity (Wildman–Crippen MR) is 140 cm³/mol. The highest BCUT2D eigenvalue weighted by Gasteiger charge is 2.33. The van der Waals surface area contributed by atoms with Crippen LogP contribution in [0.5, 0.6) is 5.75 Å². The molecule has 1 N–H and O–H groups in total. The van der Waals surface area contributed by atoms with Gasteiger partial charge >= 0.3 is 6.09 Å². The molecule has 0 radical (unpaired) electrons. The monoisotopic (exact) mass is 513 g/mol. The number of aliphatic hydroxyl groups excluding tert-OH is 1. The Bertz CT molecular complexity index is 1160. The number of ether oxygens (including phenoxy) is 2. The van der Waals surface area contributed by atoms with Crippen molar-refractivity contribution >= 4 is 23.4 Å². The second-order valence-corrected chi connectivity index (χ2v) is 10.8. The zero-order valence-electron chi connectivity index (χ0n) is 22.2. The van der Waals surface area contributed by atoms with Crippen LogP contribution in [0, 0.1) is 5.82 Å². The van der Waals surface area contributed by atoms with E-state index in [1.54, 1.807) is 48.0 Å². The van der Waals surface area contributed by atoms with Gasteiger partial charge in [-0.1, -0.05) is 0 Å². The summed E-state index contributed by atoms with van der Waals surface area (Å²) in [7, 11) is 1.71. The van der Waals surface area contributed by atoms with E-state index in [9.17, 15) is 14.7 Å². The number of anilines is 2. The number of nitrogens with zero attached hydrogens (tertiary/aromatic N) is 3. The molecule has 37 heavy (non-hydrogen) atoms. The molecule has 2 aliphatic heterocycles. The number of hydrogen-bond donors (Lipinski definition) is 1. The van der Waals surface area contributed by atoms with Gasteiger partial charge in [-0.05, 0) is 82.5 Å². The van der Waals surface area contributed by atoms with Crippen LogP contribution in [0.2, 0.25) is 0 Å². The van der Waals surface area contributed by atoms with E-state index >= 15 is 4.39 Å². The number of fused-ring (bicyclic) bond motifs is 1. The van der Waals surface area contributed by atoms with Crippen LogP contribution in [0.4, 0.5) is 20.6 Å². The van der Waals surface area contributed by atoms with Gasteiger partial charge in [-0.3, -0.25) is 4.79 Å². The minimum atomic E-state index is -0.580. The van der Waals surface area contributed by atoms with Gasteiger partial charge in [0, 0.05) is 37.9 Å². The van der Waals surface area contributed by atoms with Crippen LogP contribution >= 0.6 is 0 Å². The fraction of sp³-hybridized carbons (Fsp3) is 0.500. The molecule has 0 saturated carbocycles. The first-order valence-electron chi connectivity index (χ1n) is 12.7. The van der Waals surface area contributed by atoms with Crippen LogP contribution in [0.25, 0.3) is 0 Å². The van der Waals surface area contributed by atoms with E-state index in [-0.39, 0.29) is 24.6 Å². The molecule has 200 valence electrons. The number of carbonyl (C=O) groups excluding carboxylic acids is 2. The SMILES string of the molecule is C[C@@H](O)COc1ccc2c(c1)CCN(c1ccc(N3CC[C@@H](N(C)C(=O)OC(C)(C)C)C3)c(F)c1)C2=O. The quantitative estimate of drug-likeness (QED) is 0.623. The van der Waals surface area contributed by atoms with Gasteiger partial charge in [-0.15, -0.1) is 0 Å². The maximum absolute atomic E-state index is 15.3. The molecule has 2 amide bonds. The number of rotatable bonds is 6. The standard InChI is InChI=1S/C28H36FN3O5/c1-18(33)17-36-22-7-8-23-19(14-22)10-13-32(26(23)34)20-6-9-25(24(29)15-20)31-12-11-21(16-31)30(5)27(35)37-28(2,3)4/h6-9,14-15,18,21,33H,10-13,16-17H2,1-5H3/t18-,21-/m1/s1. The number of likely N-dealkylation sites (N-methyl/N-ethyl adjacent to an activating group) is 1. The van der Waals surface area contributed by atoms with Gasteiger partial charge in [0.15, 0.2) is 0 Å². The Labute approximate surface area is 217 Å². The largest absolute Gasteiger partial charge is 0.491 e. The van der Waals surface area contributed by atoms with Gasteiger partial charge in [0.2, 0.25) is 0 Å². The summed E-state index contributed by atoms with van der Waals surface area (Å²) in [5, 5.41) is 9.42. The summed E-state index contributed by atoms with van der Waals surface area (Å²) in [6.45, 7) is 8.85. The lowest BCUT2D eigenvalue weighted by molar-refractivity contribution is 0.0237. The van der Waals surface area contributed by atoms with Gasteiger partial charge in [0.1, 0.15) is 23.8 Å². The Kier molecular flexibility index (Phi) is 7.64. The normalized spacial score (nSPS) is 18.5. The first kappa shape index (κ1) is 26.7. The molecule has 2 heterocycles. The zero-order valence-corrected chi connectivity index (χ0v) is 22.2. The molecular weight excluding hydrogens is 477 g/mol. The van der Waals surface area contributed by atoms with Gasteiger partial charge < -0.3 is 29.3 Å². The number of benzene rings is 2. The lowest BCUT2D eigenvalue weighted by Gasteiger charge is -2.30. The van der Waals surface area contributed by atoms with Crippen LogP contribution in [-0.4, -0.2) is 73.0 Å². The van der Waals surface area contributed by atoms with Gasteiger partial charge in [0.25, 0.3) is 5.91 Å². The van der Waals surface area contributed by atoms with E-state index in [0.29, 0.717) is 55.2 Å². The first-order valence-corrected chi connectivity index (χ1v) is 12.7. The van der Waals surface area contributed by atoms with Crippen molar-refractivity contribution in [2.45, 2.75) is 58.3 Å². The average molecular weight is 514 g/mol. The molecule has 9 heteroatoms. The number of amides is 2. The fourth-order valence-corrected chi connectivity index (χ4v) is 4.70. The molecule has 0 bridgehead atoms.